The first-order valence-electron chi connectivity index (χ1n) is 4.67. The van der Waals surface area contributed by atoms with Gasteiger partial charge >= 0.3 is 0 Å². The zero-order valence-corrected chi connectivity index (χ0v) is 8.86. The summed E-state index contributed by atoms with van der Waals surface area (Å²) in [6.45, 7) is 3.90. The highest BCUT2D eigenvalue weighted by Gasteiger charge is 2.02. The van der Waals surface area contributed by atoms with Crippen LogP contribution in [-0.4, -0.2) is 17.0 Å². The summed E-state index contributed by atoms with van der Waals surface area (Å²) in [6, 6.07) is 4.82. The Kier molecular flexibility index (Phi) is 3.38. The largest absolute Gasteiger partial charge is 0.508 e. The number of nitrogen functional groups attached to an aromatic ring is 1. The van der Waals surface area contributed by atoms with Crippen molar-refractivity contribution in [3.8, 4) is 5.75 Å². The molecule has 15 heavy (non-hydrogen) atoms. The summed E-state index contributed by atoms with van der Waals surface area (Å²) in [4.78, 5) is 0. The molecule has 0 fully saturated rings. The summed E-state index contributed by atoms with van der Waals surface area (Å²) in [5, 5.41) is 13.3. The van der Waals surface area contributed by atoms with Crippen LogP contribution in [0.5, 0.6) is 5.75 Å². The fourth-order valence-corrected chi connectivity index (χ4v) is 1.05. The second-order valence-corrected chi connectivity index (χ2v) is 3.59. The maximum absolute atomic E-state index is 9.31. The van der Waals surface area contributed by atoms with Crippen LogP contribution >= 0.6 is 0 Å². The minimum atomic E-state index is 0.0766. The van der Waals surface area contributed by atoms with Gasteiger partial charge in [-0.2, -0.15) is 5.10 Å². The Morgan fingerprint density at radius 1 is 1.40 bits per heavy atom. The van der Waals surface area contributed by atoms with Crippen molar-refractivity contribution in [2.45, 2.75) is 19.9 Å². The fourth-order valence-electron chi connectivity index (χ4n) is 1.05. The summed E-state index contributed by atoms with van der Waals surface area (Å²) in [5.41, 5.74) is 15.1. The van der Waals surface area contributed by atoms with Crippen LogP contribution < -0.4 is 16.9 Å². The van der Waals surface area contributed by atoms with E-state index in [-0.39, 0.29) is 11.8 Å². The molecule has 0 spiro atoms. The second-order valence-electron chi connectivity index (χ2n) is 3.59. The Morgan fingerprint density at radius 3 is 2.60 bits per heavy atom. The number of hydrazone groups is 1. The molecule has 1 aromatic carbocycles. The van der Waals surface area contributed by atoms with Gasteiger partial charge in [-0.1, -0.05) is 0 Å². The van der Waals surface area contributed by atoms with Gasteiger partial charge in [-0.05, 0) is 26.0 Å². The molecule has 5 heteroatoms. The molecular weight excluding hydrogens is 192 g/mol. The SMILES string of the molecule is CC(C)N/N=C(\N)c1cc(N)cc(O)c1. The molecule has 5 nitrogen and oxygen atoms in total. The van der Waals surface area contributed by atoms with Crippen molar-refractivity contribution in [1.82, 2.24) is 5.43 Å². The van der Waals surface area contributed by atoms with Crippen LogP contribution in [0.4, 0.5) is 5.69 Å². The molecule has 1 rings (SSSR count). The molecule has 0 aromatic heterocycles. The van der Waals surface area contributed by atoms with Crippen molar-refractivity contribution in [3.63, 3.8) is 0 Å². The lowest BCUT2D eigenvalue weighted by Gasteiger charge is -2.06. The molecule has 0 aliphatic carbocycles. The minimum Gasteiger partial charge on any atom is -0.508 e. The molecule has 0 saturated heterocycles. The lowest BCUT2D eigenvalue weighted by molar-refractivity contribution is 0.475. The third-order valence-corrected chi connectivity index (χ3v) is 1.68. The molecule has 0 atom stereocenters. The van der Waals surface area contributed by atoms with E-state index in [0.717, 1.165) is 0 Å². The van der Waals surface area contributed by atoms with Crippen LogP contribution in [0.25, 0.3) is 0 Å². The molecule has 0 radical (unpaired) electrons. The molecule has 6 N–H and O–H groups in total. The summed E-state index contributed by atoms with van der Waals surface area (Å²) in [7, 11) is 0. The van der Waals surface area contributed by atoms with E-state index in [4.69, 9.17) is 11.5 Å². The van der Waals surface area contributed by atoms with Crippen molar-refractivity contribution in [2.24, 2.45) is 10.8 Å². The Labute approximate surface area is 88.8 Å². The van der Waals surface area contributed by atoms with Gasteiger partial charge < -0.3 is 22.0 Å². The first-order valence-corrected chi connectivity index (χ1v) is 4.67. The number of nitrogens with two attached hydrogens (primary N) is 2. The van der Waals surface area contributed by atoms with Gasteiger partial charge in [0.25, 0.3) is 0 Å². The van der Waals surface area contributed by atoms with Crippen molar-refractivity contribution in [3.05, 3.63) is 23.8 Å². The zero-order chi connectivity index (χ0) is 11.4. The van der Waals surface area contributed by atoms with Crippen molar-refractivity contribution >= 4 is 11.5 Å². The van der Waals surface area contributed by atoms with Gasteiger partial charge in [0.1, 0.15) is 5.75 Å². The molecule has 0 aliphatic heterocycles. The molecule has 0 aliphatic rings. The van der Waals surface area contributed by atoms with E-state index in [0.29, 0.717) is 17.1 Å². The first kappa shape index (κ1) is 11.2. The zero-order valence-electron chi connectivity index (χ0n) is 8.86. The molecule has 82 valence electrons. The number of hydrogen-bond acceptors (Lipinski definition) is 4. The van der Waals surface area contributed by atoms with E-state index in [2.05, 4.69) is 10.5 Å². The second kappa shape index (κ2) is 4.54. The van der Waals surface area contributed by atoms with E-state index in [1.54, 1.807) is 6.07 Å². The highest BCUT2D eigenvalue weighted by molar-refractivity contribution is 5.98. The number of benzene rings is 1. The quantitative estimate of drug-likeness (QED) is 0.253. The van der Waals surface area contributed by atoms with Crippen LogP contribution in [0.3, 0.4) is 0 Å². The highest BCUT2D eigenvalue weighted by Crippen LogP contribution is 2.16. The van der Waals surface area contributed by atoms with Crippen molar-refractivity contribution in [1.29, 1.82) is 0 Å². The van der Waals surface area contributed by atoms with E-state index in [9.17, 15) is 5.11 Å². The van der Waals surface area contributed by atoms with Crippen molar-refractivity contribution < 1.29 is 5.11 Å². The third kappa shape index (κ3) is 3.38. The van der Waals surface area contributed by atoms with Gasteiger partial charge in [0, 0.05) is 23.4 Å². The van der Waals surface area contributed by atoms with Crippen molar-refractivity contribution in [2.75, 3.05) is 5.73 Å². The normalized spacial score (nSPS) is 11.8. The topological polar surface area (TPSA) is 96.7 Å². The number of nitrogens with one attached hydrogen (secondary N) is 1. The number of rotatable bonds is 3. The smallest absolute Gasteiger partial charge is 0.150 e. The van der Waals surface area contributed by atoms with Gasteiger partial charge in [-0.3, -0.25) is 0 Å². The van der Waals surface area contributed by atoms with Crippen LogP contribution in [0.1, 0.15) is 19.4 Å². The number of phenolic OH excluding ortho intramolecular Hbond substituents is 1. The van der Waals surface area contributed by atoms with E-state index in [1.807, 2.05) is 13.8 Å². The third-order valence-electron chi connectivity index (χ3n) is 1.68. The van der Waals surface area contributed by atoms with E-state index in [1.165, 1.54) is 12.1 Å². The Hall–Kier alpha value is -1.91. The molecule has 0 unspecified atom stereocenters. The Morgan fingerprint density at radius 2 is 2.07 bits per heavy atom. The van der Waals surface area contributed by atoms with Crippen LogP contribution in [-0.2, 0) is 0 Å². The van der Waals surface area contributed by atoms with Gasteiger partial charge in [0.05, 0.1) is 0 Å². The maximum Gasteiger partial charge on any atom is 0.150 e. The predicted octanol–water partition coefficient (Wildman–Crippen LogP) is 0.593. The molecular formula is C10H16N4O. The molecule has 0 heterocycles. The number of hydrogen-bond donors (Lipinski definition) is 4. The number of aromatic hydroxyl groups is 1. The summed E-state index contributed by atoms with van der Waals surface area (Å²) < 4.78 is 0. The van der Waals surface area contributed by atoms with Crippen LogP contribution in [0.15, 0.2) is 23.3 Å². The molecule has 0 bridgehead atoms. The van der Waals surface area contributed by atoms with Gasteiger partial charge in [-0.25, -0.2) is 0 Å². The first-order chi connectivity index (χ1) is 6.99. The Bertz CT molecular complexity index is 353. The Balaban J connectivity index is 2.90. The van der Waals surface area contributed by atoms with E-state index < -0.39 is 0 Å². The number of anilines is 1. The van der Waals surface area contributed by atoms with Crippen LogP contribution in [0, 0.1) is 0 Å². The average Bonchev–Trinajstić information content (AvgIpc) is 2.12. The van der Waals surface area contributed by atoms with Gasteiger partial charge in [0.2, 0.25) is 0 Å². The fraction of sp³-hybridized carbons (Fsp3) is 0.300. The number of amidine groups is 1. The number of phenols is 1. The summed E-state index contributed by atoms with van der Waals surface area (Å²) >= 11 is 0. The van der Waals surface area contributed by atoms with Gasteiger partial charge in [-0.15, -0.1) is 0 Å². The highest BCUT2D eigenvalue weighted by atomic mass is 16.3. The van der Waals surface area contributed by atoms with Gasteiger partial charge in [0.15, 0.2) is 5.84 Å². The maximum atomic E-state index is 9.31. The number of nitrogens with zero attached hydrogens (tertiary/aromatic N) is 1. The molecule has 1 aromatic rings. The summed E-state index contributed by atoms with van der Waals surface area (Å²) in [5.74, 6) is 0.374. The lowest BCUT2D eigenvalue weighted by Crippen LogP contribution is -2.23. The molecule has 0 saturated carbocycles. The lowest BCUT2D eigenvalue weighted by atomic mass is 10.2. The van der Waals surface area contributed by atoms with E-state index >= 15 is 0 Å². The summed E-state index contributed by atoms with van der Waals surface area (Å²) in [6.07, 6.45) is 0. The standard InChI is InChI=1S/C10H16N4O/c1-6(2)13-14-10(12)7-3-8(11)5-9(15)4-7/h3-6,13,15H,11H2,1-2H3,(H2,12,14). The predicted molar refractivity (Wildman–Crippen MR) is 61.5 cm³/mol. The monoisotopic (exact) mass is 208 g/mol. The van der Waals surface area contributed by atoms with Crippen LogP contribution in [0.2, 0.25) is 0 Å². The average molecular weight is 208 g/mol. The minimum absolute atomic E-state index is 0.0766. The molecule has 0 amide bonds.